The monoisotopic (exact) mass is 443 g/mol. The standard InChI is InChI=1S/C26H25N3O4/c1-33-21-10-5-9-20(17-21)24-23(22(30)12-11-19-7-3-2-4-8-19)25(31)26(32)29(24)15-6-14-28-16-13-27-18-28/h2-5,7-13,16-18,24,31H,6,14-15H2,1H3. The van der Waals surface area contributed by atoms with Crippen LogP contribution in [-0.2, 0) is 16.1 Å². The molecular weight excluding hydrogens is 418 g/mol. The number of nitrogens with zero attached hydrogens (tertiary/aromatic N) is 3. The molecule has 0 saturated carbocycles. The molecule has 0 fully saturated rings. The van der Waals surface area contributed by atoms with Crippen molar-refractivity contribution in [1.82, 2.24) is 14.5 Å². The predicted octanol–water partition coefficient (Wildman–Crippen LogP) is 3.96. The summed E-state index contributed by atoms with van der Waals surface area (Å²) in [5.74, 6) is -0.857. The molecule has 0 aliphatic carbocycles. The summed E-state index contributed by atoms with van der Waals surface area (Å²) in [5.41, 5.74) is 1.62. The molecule has 168 valence electrons. The Bertz CT molecular complexity index is 1180. The predicted molar refractivity (Wildman–Crippen MR) is 124 cm³/mol. The van der Waals surface area contributed by atoms with E-state index >= 15 is 0 Å². The Kier molecular flexibility index (Phi) is 6.69. The Morgan fingerprint density at radius 1 is 1.15 bits per heavy atom. The lowest BCUT2D eigenvalue weighted by molar-refractivity contribution is -0.129. The van der Waals surface area contributed by atoms with Crippen LogP contribution in [0, 0.1) is 0 Å². The van der Waals surface area contributed by atoms with E-state index in [2.05, 4.69) is 4.98 Å². The fourth-order valence-corrected chi connectivity index (χ4v) is 3.96. The molecule has 7 heteroatoms. The molecule has 1 N–H and O–H groups in total. The van der Waals surface area contributed by atoms with Crippen molar-refractivity contribution < 1.29 is 19.4 Å². The SMILES string of the molecule is COc1cccc(C2C(C(=O)C=Cc3ccccc3)=C(O)C(=O)N2CCCn2ccnc2)c1. The minimum absolute atomic E-state index is 0.0723. The first kappa shape index (κ1) is 22.1. The normalized spacial score (nSPS) is 16.1. The third-order valence-corrected chi connectivity index (χ3v) is 5.58. The highest BCUT2D eigenvalue weighted by Crippen LogP contribution is 2.39. The van der Waals surface area contributed by atoms with Crippen LogP contribution < -0.4 is 4.74 Å². The van der Waals surface area contributed by atoms with Gasteiger partial charge in [0.25, 0.3) is 5.91 Å². The van der Waals surface area contributed by atoms with E-state index < -0.39 is 23.5 Å². The number of amides is 1. The second kappa shape index (κ2) is 9.99. The van der Waals surface area contributed by atoms with Gasteiger partial charge in [-0.3, -0.25) is 9.59 Å². The van der Waals surface area contributed by atoms with Gasteiger partial charge in [0, 0.05) is 25.5 Å². The van der Waals surface area contributed by atoms with Gasteiger partial charge in [0.15, 0.2) is 11.5 Å². The van der Waals surface area contributed by atoms with E-state index in [1.165, 1.54) is 6.08 Å². The van der Waals surface area contributed by atoms with Crippen LogP contribution in [-0.4, -0.2) is 44.9 Å². The number of allylic oxidation sites excluding steroid dienone is 1. The molecule has 1 aliphatic rings. The quantitative estimate of drug-likeness (QED) is 0.506. The number of aliphatic hydroxyl groups is 1. The number of benzene rings is 2. The fraction of sp³-hybridized carbons (Fsp3) is 0.192. The van der Waals surface area contributed by atoms with Crippen LogP contribution >= 0.6 is 0 Å². The van der Waals surface area contributed by atoms with E-state index in [4.69, 9.17) is 4.74 Å². The van der Waals surface area contributed by atoms with Crippen LogP contribution in [0.15, 0.2) is 90.7 Å². The Hall–Kier alpha value is -4.13. The topological polar surface area (TPSA) is 84.7 Å². The molecule has 33 heavy (non-hydrogen) atoms. The van der Waals surface area contributed by atoms with Gasteiger partial charge in [0.2, 0.25) is 0 Å². The summed E-state index contributed by atoms with van der Waals surface area (Å²) in [6.45, 7) is 1.02. The molecule has 0 bridgehead atoms. The van der Waals surface area contributed by atoms with Gasteiger partial charge in [-0.25, -0.2) is 4.98 Å². The van der Waals surface area contributed by atoms with E-state index in [0.717, 1.165) is 5.56 Å². The Balaban J connectivity index is 1.64. The Morgan fingerprint density at radius 2 is 1.97 bits per heavy atom. The van der Waals surface area contributed by atoms with Crippen LogP contribution in [0.5, 0.6) is 5.75 Å². The molecule has 2 aromatic carbocycles. The minimum atomic E-state index is -0.705. The highest BCUT2D eigenvalue weighted by Gasteiger charge is 2.42. The van der Waals surface area contributed by atoms with Crippen LogP contribution in [0.3, 0.4) is 0 Å². The number of aryl methyl sites for hydroxylation is 1. The van der Waals surface area contributed by atoms with Crippen LogP contribution in [0.25, 0.3) is 6.08 Å². The highest BCUT2D eigenvalue weighted by atomic mass is 16.5. The fourth-order valence-electron chi connectivity index (χ4n) is 3.96. The zero-order valence-electron chi connectivity index (χ0n) is 18.3. The summed E-state index contributed by atoms with van der Waals surface area (Å²) in [6, 6.07) is 15.9. The molecule has 1 unspecified atom stereocenters. The Labute approximate surface area is 192 Å². The molecular formula is C26H25N3O4. The maximum absolute atomic E-state index is 13.2. The maximum Gasteiger partial charge on any atom is 0.290 e. The lowest BCUT2D eigenvalue weighted by atomic mass is 9.95. The lowest BCUT2D eigenvalue weighted by Crippen LogP contribution is -2.32. The second-order valence-corrected chi connectivity index (χ2v) is 7.70. The molecule has 1 aromatic heterocycles. The van der Waals surface area contributed by atoms with E-state index in [0.29, 0.717) is 30.8 Å². The Morgan fingerprint density at radius 3 is 2.70 bits per heavy atom. The average Bonchev–Trinajstić information content (AvgIpc) is 3.45. The molecule has 4 rings (SSSR count). The number of methoxy groups -OCH3 is 1. The molecule has 1 atom stereocenters. The van der Waals surface area contributed by atoms with Crippen LogP contribution in [0.1, 0.15) is 23.6 Å². The van der Waals surface area contributed by atoms with E-state index in [9.17, 15) is 14.7 Å². The first-order chi connectivity index (χ1) is 16.1. The van der Waals surface area contributed by atoms with Crippen molar-refractivity contribution in [3.63, 3.8) is 0 Å². The first-order valence-corrected chi connectivity index (χ1v) is 10.7. The number of rotatable bonds is 9. The number of hydrogen-bond donors (Lipinski definition) is 1. The van der Waals surface area contributed by atoms with Gasteiger partial charge >= 0.3 is 0 Å². The van der Waals surface area contributed by atoms with Gasteiger partial charge in [-0.05, 0) is 35.8 Å². The van der Waals surface area contributed by atoms with Crippen molar-refractivity contribution in [1.29, 1.82) is 0 Å². The molecule has 7 nitrogen and oxygen atoms in total. The van der Waals surface area contributed by atoms with Crippen molar-refractivity contribution in [3.8, 4) is 5.75 Å². The second-order valence-electron chi connectivity index (χ2n) is 7.70. The van der Waals surface area contributed by atoms with Crippen molar-refractivity contribution >= 4 is 17.8 Å². The highest BCUT2D eigenvalue weighted by molar-refractivity contribution is 6.14. The van der Waals surface area contributed by atoms with Crippen molar-refractivity contribution in [3.05, 3.63) is 102 Å². The third kappa shape index (κ3) is 4.87. The number of aliphatic hydroxyl groups excluding tert-OH is 1. The summed E-state index contributed by atoms with van der Waals surface area (Å²) in [5, 5.41) is 10.7. The summed E-state index contributed by atoms with van der Waals surface area (Å²) >= 11 is 0. The van der Waals surface area contributed by atoms with Gasteiger partial charge in [0.05, 0.1) is 25.1 Å². The summed E-state index contributed by atoms with van der Waals surface area (Å²) < 4.78 is 7.26. The first-order valence-electron chi connectivity index (χ1n) is 10.7. The van der Waals surface area contributed by atoms with Gasteiger partial charge in [-0.2, -0.15) is 0 Å². The van der Waals surface area contributed by atoms with Gasteiger partial charge in [0.1, 0.15) is 5.75 Å². The molecule has 1 amide bonds. The number of carbonyl (C=O) groups is 2. The number of ether oxygens (including phenoxy) is 1. The van der Waals surface area contributed by atoms with Crippen molar-refractivity contribution in [2.45, 2.75) is 19.0 Å². The van der Waals surface area contributed by atoms with E-state index in [1.807, 2.05) is 47.2 Å². The number of hydrogen-bond acceptors (Lipinski definition) is 5. The van der Waals surface area contributed by atoms with Gasteiger partial charge in [-0.15, -0.1) is 0 Å². The molecule has 0 radical (unpaired) electrons. The van der Waals surface area contributed by atoms with Crippen molar-refractivity contribution in [2.24, 2.45) is 0 Å². The number of aromatic nitrogens is 2. The largest absolute Gasteiger partial charge is 0.503 e. The molecule has 0 saturated heterocycles. The lowest BCUT2D eigenvalue weighted by Gasteiger charge is -2.27. The maximum atomic E-state index is 13.2. The van der Waals surface area contributed by atoms with Gasteiger partial charge < -0.3 is 19.3 Å². The van der Waals surface area contributed by atoms with Gasteiger partial charge in [-0.1, -0.05) is 48.5 Å². The number of imidazole rings is 1. The summed E-state index contributed by atoms with van der Waals surface area (Å²) in [7, 11) is 1.56. The minimum Gasteiger partial charge on any atom is -0.503 e. The zero-order chi connectivity index (χ0) is 23.2. The van der Waals surface area contributed by atoms with E-state index in [-0.39, 0.29) is 5.57 Å². The average molecular weight is 444 g/mol. The summed E-state index contributed by atoms with van der Waals surface area (Å²) in [4.78, 5) is 31.8. The van der Waals surface area contributed by atoms with Crippen LogP contribution in [0.2, 0.25) is 0 Å². The van der Waals surface area contributed by atoms with E-state index in [1.54, 1.807) is 48.8 Å². The smallest absolute Gasteiger partial charge is 0.290 e. The molecule has 2 heterocycles. The molecule has 0 spiro atoms. The summed E-state index contributed by atoms with van der Waals surface area (Å²) in [6.07, 6.45) is 8.98. The third-order valence-electron chi connectivity index (χ3n) is 5.58. The molecule has 1 aliphatic heterocycles. The van der Waals surface area contributed by atoms with Crippen LogP contribution in [0.4, 0.5) is 0 Å². The van der Waals surface area contributed by atoms with Crippen molar-refractivity contribution in [2.75, 3.05) is 13.7 Å². The molecule has 3 aromatic rings. The number of carbonyl (C=O) groups excluding carboxylic acids is 2. The number of ketones is 1. The zero-order valence-corrected chi connectivity index (χ0v) is 18.3.